The van der Waals surface area contributed by atoms with Gasteiger partial charge in [0.15, 0.2) is 0 Å². The Labute approximate surface area is 139 Å². The average Bonchev–Trinajstić information content (AvgIpc) is 2.52. The average molecular weight is 334 g/mol. The number of benzene rings is 1. The summed E-state index contributed by atoms with van der Waals surface area (Å²) in [6.45, 7) is 1.26. The van der Waals surface area contributed by atoms with Crippen molar-refractivity contribution >= 4 is 17.8 Å². The van der Waals surface area contributed by atoms with E-state index in [1.54, 1.807) is 6.07 Å². The highest BCUT2D eigenvalue weighted by molar-refractivity contribution is 5.90. The van der Waals surface area contributed by atoms with Crippen molar-refractivity contribution in [2.75, 3.05) is 7.11 Å². The molecule has 2 amide bonds. The van der Waals surface area contributed by atoms with Gasteiger partial charge >= 0.3 is 5.97 Å². The maximum absolute atomic E-state index is 13.3. The lowest BCUT2D eigenvalue weighted by Gasteiger charge is -2.21. The van der Waals surface area contributed by atoms with Crippen LogP contribution in [0.1, 0.15) is 18.9 Å². The van der Waals surface area contributed by atoms with E-state index in [2.05, 4.69) is 21.3 Å². The Kier molecular flexibility index (Phi) is 7.43. The summed E-state index contributed by atoms with van der Waals surface area (Å²) in [6.07, 6.45) is 5.19. The van der Waals surface area contributed by atoms with E-state index in [9.17, 15) is 18.8 Å². The van der Waals surface area contributed by atoms with Gasteiger partial charge in [0.25, 0.3) is 0 Å². The van der Waals surface area contributed by atoms with Gasteiger partial charge in [0.05, 0.1) is 7.11 Å². The number of amides is 2. The summed E-state index contributed by atoms with van der Waals surface area (Å²) < 4.78 is 17.8. The fraction of sp³-hybridized carbons (Fsp3) is 0.353. The minimum absolute atomic E-state index is 0.0504. The van der Waals surface area contributed by atoms with E-state index < -0.39 is 35.7 Å². The van der Waals surface area contributed by atoms with Crippen molar-refractivity contribution in [2.45, 2.75) is 31.8 Å². The van der Waals surface area contributed by atoms with Crippen LogP contribution in [-0.2, 0) is 25.5 Å². The summed E-state index contributed by atoms with van der Waals surface area (Å²) in [6, 6.07) is 3.68. The van der Waals surface area contributed by atoms with E-state index in [1.807, 2.05) is 0 Å². The standard InChI is InChI=1S/C17H19FN2O4/c1-4-6-14(17(23)24-3)20-16(22)15(19-11(2)21)10-12-7-5-8-13(18)9-12/h1,5,7-9,14-15H,6,10H2,2-3H3,(H,19,21)(H,20,22)/t14-,15-/m1/s1. The van der Waals surface area contributed by atoms with Gasteiger partial charge < -0.3 is 15.4 Å². The number of rotatable bonds is 7. The number of carbonyl (C=O) groups is 3. The quantitative estimate of drug-likeness (QED) is 0.563. The first kappa shape index (κ1) is 19.2. The van der Waals surface area contributed by atoms with Crippen LogP contribution in [0.5, 0.6) is 0 Å². The van der Waals surface area contributed by atoms with Crippen LogP contribution in [0.2, 0.25) is 0 Å². The maximum Gasteiger partial charge on any atom is 0.329 e. The molecule has 128 valence electrons. The molecular formula is C17H19FN2O4. The Hall–Kier alpha value is -2.88. The van der Waals surface area contributed by atoms with Crippen molar-refractivity contribution in [3.8, 4) is 12.3 Å². The van der Waals surface area contributed by atoms with E-state index in [0.29, 0.717) is 5.56 Å². The first-order valence-corrected chi connectivity index (χ1v) is 7.20. The summed E-state index contributed by atoms with van der Waals surface area (Å²) >= 11 is 0. The van der Waals surface area contributed by atoms with Crippen molar-refractivity contribution in [3.63, 3.8) is 0 Å². The monoisotopic (exact) mass is 334 g/mol. The molecule has 0 fully saturated rings. The summed E-state index contributed by atoms with van der Waals surface area (Å²) in [5.74, 6) is 0.0932. The molecule has 0 aromatic heterocycles. The van der Waals surface area contributed by atoms with Gasteiger partial charge in [-0.25, -0.2) is 9.18 Å². The van der Waals surface area contributed by atoms with Crippen LogP contribution in [0.4, 0.5) is 4.39 Å². The molecule has 0 radical (unpaired) electrons. The predicted octanol–water partition coefficient (Wildman–Crippen LogP) is 0.554. The normalized spacial score (nSPS) is 12.4. The van der Waals surface area contributed by atoms with Gasteiger partial charge in [-0.15, -0.1) is 12.3 Å². The molecule has 2 atom stereocenters. The second-order valence-corrected chi connectivity index (χ2v) is 5.08. The van der Waals surface area contributed by atoms with Gasteiger partial charge in [0.2, 0.25) is 11.8 Å². The molecule has 7 heteroatoms. The van der Waals surface area contributed by atoms with E-state index in [1.165, 1.54) is 32.2 Å². The van der Waals surface area contributed by atoms with Crippen molar-refractivity contribution < 1.29 is 23.5 Å². The fourth-order valence-electron chi connectivity index (χ4n) is 2.08. The van der Waals surface area contributed by atoms with Gasteiger partial charge in [0.1, 0.15) is 17.9 Å². The number of methoxy groups -OCH3 is 1. The molecule has 0 aliphatic heterocycles. The zero-order chi connectivity index (χ0) is 18.1. The van der Waals surface area contributed by atoms with Gasteiger partial charge in [-0.1, -0.05) is 12.1 Å². The van der Waals surface area contributed by atoms with Crippen LogP contribution in [0.25, 0.3) is 0 Å². The minimum atomic E-state index is -1.02. The second-order valence-electron chi connectivity index (χ2n) is 5.08. The Morgan fingerprint density at radius 3 is 2.54 bits per heavy atom. The highest BCUT2D eigenvalue weighted by Crippen LogP contribution is 2.07. The number of nitrogens with one attached hydrogen (secondary N) is 2. The number of halogens is 1. The number of ether oxygens (including phenoxy) is 1. The minimum Gasteiger partial charge on any atom is -0.467 e. The van der Waals surface area contributed by atoms with Crippen molar-refractivity contribution in [1.82, 2.24) is 10.6 Å². The topological polar surface area (TPSA) is 84.5 Å². The molecule has 0 unspecified atom stereocenters. The van der Waals surface area contributed by atoms with Gasteiger partial charge in [-0.2, -0.15) is 0 Å². The SMILES string of the molecule is C#CC[C@@H](NC(=O)[C@@H](Cc1cccc(F)c1)NC(C)=O)C(=O)OC. The number of esters is 1. The Morgan fingerprint density at radius 1 is 1.29 bits per heavy atom. The molecular weight excluding hydrogens is 315 g/mol. The third kappa shape index (κ3) is 6.08. The Balaban J connectivity index is 2.89. The molecule has 0 heterocycles. The van der Waals surface area contributed by atoms with Crippen molar-refractivity contribution in [2.24, 2.45) is 0 Å². The lowest BCUT2D eigenvalue weighted by molar-refractivity contribution is -0.145. The molecule has 1 rings (SSSR count). The molecule has 2 N–H and O–H groups in total. The van der Waals surface area contributed by atoms with Crippen LogP contribution in [0, 0.1) is 18.2 Å². The number of carbonyl (C=O) groups excluding carboxylic acids is 3. The zero-order valence-electron chi connectivity index (χ0n) is 13.5. The molecule has 0 saturated heterocycles. The fourth-order valence-corrected chi connectivity index (χ4v) is 2.08. The van der Waals surface area contributed by atoms with Gasteiger partial charge in [-0.3, -0.25) is 9.59 Å². The number of hydrogen-bond acceptors (Lipinski definition) is 4. The first-order valence-electron chi connectivity index (χ1n) is 7.20. The molecule has 0 aliphatic carbocycles. The molecule has 1 aromatic carbocycles. The highest BCUT2D eigenvalue weighted by Gasteiger charge is 2.26. The van der Waals surface area contributed by atoms with Crippen molar-refractivity contribution in [3.05, 3.63) is 35.6 Å². The predicted molar refractivity (Wildman–Crippen MR) is 85.1 cm³/mol. The van der Waals surface area contributed by atoms with E-state index in [0.717, 1.165) is 0 Å². The lowest BCUT2D eigenvalue weighted by atomic mass is 10.0. The third-order valence-electron chi connectivity index (χ3n) is 3.15. The largest absolute Gasteiger partial charge is 0.467 e. The van der Waals surface area contributed by atoms with E-state index in [4.69, 9.17) is 6.42 Å². The zero-order valence-corrected chi connectivity index (χ0v) is 13.5. The summed E-state index contributed by atoms with van der Waals surface area (Å²) in [4.78, 5) is 35.3. The summed E-state index contributed by atoms with van der Waals surface area (Å²) in [5.41, 5.74) is 0.524. The summed E-state index contributed by atoms with van der Waals surface area (Å²) in [5, 5.41) is 4.92. The van der Waals surface area contributed by atoms with E-state index >= 15 is 0 Å². The van der Waals surface area contributed by atoms with Gasteiger partial charge in [0, 0.05) is 19.8 Å². The third-order valence-corrected chi connectivity index (χ3v) is 3.15. The van der Waals surface area contributed by atoms with Crippen LogP contribution in [0.15, 0.2) is 24.3 Å². The number of hydrogen-bond donors (Lipinski definition) is 2. The first-order chi connectivity index (χ1) is 11.4. The van der Waals surface area contributed by atoms with Crippen LogP contribution in [-0.4, -0.2) is 37.0 Å². The summed E-state index contributed by atoms with van der Waals surface area (Å²) in [7, 11) is 1.18. The molecule has 6 nitrogen and oxygen atoms in total. The molecule has 0 bridgehead atoms. The van der Waals surface area contributed by atoms with Crippen LogP contribution in [0.3, 0.4) is 0 Å². The molecule has 0 saturated carbocycles. The number of terminal acetylenes is 1. The maximum atomic E-state index is 13.3. The van der Waals surface area contributed by atoms with Crippen LogP contribution >= 0.6 is 0 Å². The Bertz CT molecular complexity index is 654. The smallest absolute Gasteiger partial charge is 0.329 e. The molecule has 0 spiro atoms. The van der Waals surface area contributed by atoms with E-state index in [-0.39, 0.29) is 12.8 Å². The Morgan fingerprint density at radius 2 is 2.00 bits per heavy atom. The molecule has 24 heavy (non-hydrogen) atoms. The van der Waals surface area contributed by atoms with Gasteiger partial charge in [-0.05, 0) is 17.7 Å². The molecule has 1 aromatic rings. The van der Waals surface area contributed by atoms with Crippen LogP contribution < -0.4 is 10.6 Å². The van der Waals surface area contributed by atoms with Crippen molar-refractivity contribution in [1.29, 1.82) is 0 Å². The lowest BCUT2D eigenvalue weighted by Crippen LogP contribution is -2.52. The highest BCUT2D eigenvalue weighted by atomic mass is 19.1. The molecule has 0 aliphatic rings. The second kappa shape index (κ2) is 9.30.